The number of aromatic nitrogens is 3. The summed E-state index contributed by atoms with van der Waals surface area (Å²) in [4.78, 5) is 0. The minimum atomic E-state index is 0.595. The molecule has 0 fully saturated rings. The van der Waals surface area contributed by atoms with Gasteiger partial charge in [-0.25, -0.2) is 4.68 Å². The van der Waals surface area contributed by atoms with E-state index in [1.165, 1.54) is 6.42 Å². The zero-order valence-corrected chi connectivity index (χ0v) is 8.45. The Bertz CT molecular complexity index is 254. The van der Waals surface area contributed by atoms with Crippen LogP contribution in [0.2, 0.25) is 0 Å². The lowest BCUT2D eigenvalue weighted by molar-refractivity contribution is 0.531. The second-order valence-electron chi connectivity index (χ2n) is 3.25. The first-order valence-corrected chi connectivity index (χ1v) is 4.97. The van der Waals surface area contributed by atoms with E-state index in [0.717, 1.165) is 31.5 Å². The molecule has 4 heteroatoms. The molecule has 1 aromatic heterocycles. The molecule has 1 aromatic rings. The smallest absolute Gasteiger partial charge is 0.169 e. The van der Waals surface area contributed by atoms with E-state index in [9.17, 15) is 0 Å². The van der Waals surface area contributed by atoms with Crippen LogP contribution in [0, 0.1) is 0 Å². The predicted octanol–water partition coefficient (Wildman–Crippen LogP) is 1.61. The number of unbranched alkanes of at least 4 members (excludes halogenated alkanes) is 1. The lowest BCUT2D eigenvalue weighted by Crippen LogP contribution is -2.06. The SMILES string of the molecule is CCCCn1nnc(N)c1CCC. The molecule has 0 amide bonds. The van der Waals surface area contributed by atoms with Crippen molar-refractivity contribution in [1.82, 2.24) is 15.0 Å². The van der Waals surface area contributed by atoms with Crippen molar-refractivity contribution >= 4 is 5.82 Å². The van der Waals surface area contributed by atoms with Crippen LogP contribution in [-0.2, 0) is 13.0 Å². The summed E-state index contributed by atoms with van der Waals surface area (Å²) in [7, 11) is 0. The van der Waals surface area contributed by atoms with Gasteiger partial charge in [-0.1, -0.05) is 31.9 Å². The van der Waals surface area contributed by atoms with Crippen molar-refractivity contribution in [2.75, 3.05) is 5.73 Å². The zero-order valence-electron chi connectivity index (χ0n) is 8.45. The number of anilines is 1. The Labute approximate surface area is 79.1 Å². The molecule has 13 heavy (non-hydrogen) atoms. The number of hydrogen-bond acceptors (Lipinski definition) is 3. The van der Waals surface area contributed by atoms with E-state index in [4.69, 9.17) is 5.73 Å². The maximum absolute atomic E-state index is 5.70. The average Bonchev–Trinajstić information content (AvgIpc) is 2.46. The molecule has 0 radical (unpaired) electrons. The molecule has 0 spiro atoms. The van der Waals surface area contributed by atoms with Gasteiger partial charge in [0.05, 0.1) is 5.69 Å². The maximum atomic E-state index is 5.70. The standard InChI is InChI=1S/C9H18N4/c1-3-5-7-13-8(6-4-2)9(10)11-12-13/h3-7,10H2,1-2H3. The van der Waals surface area contributed by atoms with Crippen LogP contribution < -0.4 is 5.73 Å². The molecule has 1 rings (SSSR count). The molecular formula is C9H18N4. The van der Waals surface area contributed by atoms with Crippen molar-refractivity contribution in [3.63, 3.8) is 0 Å². The highest BCUT2D eigenvalue weighted by Crippen LogP contribution is 2.10. The van der Waals surface area contributed by atoms with Gasteiger partial charge in [-0.15, -0.1) is 5.10 Å². The van der Waals surface area contributed by atoms with Gasteiger partial charge in [-0.05, 0) is 12.8 Å². The molecule has 0 saturated carbocycles. The summed E-state index contributed by atoms with van der Waals surface area (Å²) >= 11 is 0. The van der Waals surface area contributed by atoms with Gasteiger partial charge in [0.1, 0.15) is 0 Å². The Morgan fingerprint density at radius 1 is 1.31 bits per heavy atom. The van der Waals surface area contributed by atoms with Crippen molar-refractivity contribution in [2.24, 2.45) is 0 Å². The third kappa shape index (κ3) is 2.44. The third-order valence-electron chi connectivity index (χ3n) is 2.08. The Hall–Kier alpha value is -1.06. The first-order chi connectivity index (χ1) is 6.29. The van der Waals surface area contributed by atoms with Gasteiger partial charge in [0.25, 0.3) is 0 Å². The lowest BCUT2D eigenvalue weighted by atomic mass is 10.2. The Balaban J connectivity index is 2.68. The Kier molecular flexibility index (Phi) is 3.73. The number of nitrogens with zero attached hydrogens (tertiary/aromatic N) is 3. The van der Waals surface area contributed by atoms with Crippen molar-refractivity contribution in [2.45, 2.75) is 46.1 Å². The van der Waals surface area contributed by atoms with Crippen LogP contribution >= 0.6 is 0 Å². The van der Waals surface area contributed by atoms with Gasteiger partial charge >= 0.3 is 0 Å². The molecule has 74 valence electrons. The highest BCUT2D eigenvalue weighted by atomic mass is 15.4. The number of nitrogen functional groups attached to an aromatic ring is 1. The third-order valence-corrected chi connectivity index (χ3v) is 2.08. The molecule has 0 aliphatic rings. The van der Waals surface area contributed by atoms with Crippen LogP contribution in [0.15, 0.2) is 0 Å². The van der Waals surface area contributed by atoms with Crippen LogP contribution in [0.5, 0.6) is 0 Å². The largest absolute Gasteiger partial charge is 0.381 e. The van der Waals surface area contributed by atoms with Gasteiger partial charge in [0.2, 0.25) is 0 Å². The minimum absolute atomic E-state index is 0.595. The summed E-state index contributed by atoms with van der Waals surface area (Å²) in [6.07, 6.45) is 4.37. The van der Waals surface area contributed by atoms with Gasteiger partial charge in [0, 0.05) is 6.54 Å². The summed E-state index contributed by atoms with van der Waals surface area (Å²) in [5.41, 5.74) is 6.80. The minimum Gasteiger partial charge on any atom is -0.381 e. The number of hydrogen-bond donors (Lipinski definition) is 1. The monoisotopic (exact) mass is 182 g/mol. The molecular weight excluding hydrogens is 164 g/mol. The number of rotatable bonds is 5. The summed E-state index contributed by atoms with van der Waals surface area (Å²) in [5.74, 6) is 0.595. The highest BCUT2D eigenvalue weighted by molar-refractivity contribution is 5.32. The molecule has 0 aliphatic heterocycles. The Morgan fingerprint density at radius 3 is 2.69 bits per heavy atom. The van der Waals surface area contributed by atoms with Crippen LogP contribution in [0.25, 0.3) is 0 Å². The number of nitrogens with two attached hydrogens (primary N) is 1. The van der Waals surface area contributed by atoms with Crippen molar-refractivity contribution in [1.29, 1.82) is 0 Å². The molecule has 0 atom stereocenters. The fraction of sp³-hybridized carbons (Fsp3) is 0.778. The highest BCUT2D eigenvalue weighted by Gasteiger charge is 2.07. The molecule has 2 N–H and O–H groups in total. The summed E-state index contributed by atoms with van der Waals surface area (Å²) in [5, 5.41) is 7.89. The normalized spacial score (nSPS) is 10.6. The van der Waals surface area contributed by atoms with Crippen LogP contribution in [0.3, 0.4) is 0 Å². The van der Waals surface area contributed by atoms with E-state index in [1.807, 2.05) is 4.68 Å². The van der Waals surface area contributed by atoms with Gasteiger partial charge in [-0.2, -0.15) is 0 Å². The molecule has 4 nitrogen and oxygen atoms in total. The zero-order chi connectivity index (χ0) is 9.68. The molecule has 0 saturated heterocycles. The summed E-state index contributed by atoms with van der Waals surface area (Å²) in [6.45, 7) is 5.24. The molecule has 1 heterocycles. The topological polar surface area (TPSA) is 56.7 Å². The van der Waals surface area contributed by atoms with Crippen LogP contribution in [0.1, 0.15) is 38.8 Å². The summed E-state index contributed by atoms with van der Waals surface area (Å²) in [6, 6.07) is 0. The molecule has 0 unspecified atom stereocenters. The van der Waals surface area contributed by atoms with Crippen molar-refractivity contribution in [3.05, 3.63) is 5.69 Å². The van der Waals surface area contributed by atoms with Crippen molar-refractivity contribution < 1.29 is 0 Å². The van der Waals surface area contributed by atoms with E-state index in [2.05, 4.69) is 24.2 Å². The van der Waals surface area contributed by atoms with E-state index in [1.54, 1.807) is 0 Å². The second-order valence-corrected chi connectivity index (χ2v) is 3.25. The van der Waals surface area contributed by atoms with Crippen LogP contribution in [-0.4, -0.2) is 15.0 Å². The second kappa shape index (κ2) is 4.84. The fourth-order valence-corrected chi connectivity index (χ4v) is 1.33. The van der Waals surface area contributed by atoms with Crippen LogP contribution in [0.4, 0.5) is 5.82 Å². The number of aryl methyl sites for hydroxylation is 1. The lowest BCUT2D eigenvalue weighted by Gasteiger charge is -2.03. The maximum Gasteiger partial charge on any atom is 0.169 e. The predicted molar refractivity (Wildman–Crippen MR) is 53.3 cm³/mol. The molecule has 0 aliphatic carbocycles. The first-order valence-electron chi connectivity index (χ1n) is 4.97. The van der Waals surface area contributed by atoms with Gasteiger partial charge < -0.3 is 5.73 Å². The fourth-order valence-electron chi connectivity index (χ4n) is 1.33. The Morgan fingerprint density at radius 2 is 2.08 bits per heavy atom. The molecule has 0 aromatic carbocycles. The molecule has 0 bridgehead atoms. The van der Waals surface area contributed by atoms with Gasteiger partial charge in [0.15, 0.2) is 5.82 Å². The van der Waals surface area contributed by atoms with Gasteiger partial charge in [-0.3, -0.25) is 0 Å². The van der Waals surface area contributed by atoms with E-state index in [0.29, 0.717) is 5.82 Å². The summed E-state index contributed by atoms with van der Waals surface area (Å²) < 4.78 is 1.93. The van der Waals surface area contributed by atoms with E-state index >= 15 is 0 Å². The van der Waals surface area contributed by atoms with E-state index in [-0.39, 0.29) is 0 Å². The average molecular weight is 182 g/mol. The first kappa shape index (κ1) is 10.0. The van der Waals surface area contributed by atoms with E-state index < -0.39 is 0 Å². The quantitative estimate of drug-likeness (QED) is 0.752. The van der Waals surface area contributed by atoms with Crippen molar-refractivity contribution in [3.8, 4) is 0 Å².